The number of benzene rings is 2. The third-order valence-electron chi connectivity index (χ3n) is 4.34. The maximum Gasteiger partial charge on any atom is 0.338 e. The van der Waals surface area contributed by atoms with Crippen molar-refractivity contribution in [3.63, 3.8) is 0 Å². The van der Waals surface area contributed by atoms with Gasteiger partial charge in [-0.1, -0.05) is 13.0 Å². The molecule has 0 aliphatic rings. The van der Waals surface area contributed by atoms with Crippen LogP contribution < -0.4 is 5.32 Å². The number of nitrogens with one attached hydrogen (secondary N) is 1. The number of carbonyl (C=O) groups is 2. The summed E-state index contributed by atoms with van der Waals surface area (Å²) in [6.45, 7) is 7.56. The lowest BCUT2D eigenvalue weighted by Crippen LogP contribution is -2.13. The highest BCUT2D eigenvalue weighted by atomic mass is 16.5. The van der Waals surface area contributed by atoms with Gasteiger partial charge in [-0.25, -0.2) is 4.79 Å². The van der Waals surface area contributed by atoms with Gasteiger partial charge in [0.05, 0.1) is 11.7 Å². The molecule has 0 unspecified atom stereocenters. The van der Waals surface area contributed by atoms with Crippen LogP contribution in [0.2, 0.25) is 0 Å². The van der Waals surface area contributed by atoms with Gasteiger partial charge in [-0.15, -0.1) is 0 Å². The summed E-state index contributed by atoms with van der Waals surface area (Å²) in [6.07, 6.45) is 0.745. The monoisotopic (exact) mass is 365 g/mol. The average molecular weight is 365 g/mol. The molecule has 0 atom stereocenters. The summed E-state index contributed by atoms with van der Waals surface area (Å²) in [5, 5.41) is 3.76. The van der Waals surface area contributed by atoms with Crippen LogP contribution in [0.4, 0.5) is 5.69 Å². The van der Waals surface area contributed by atoms with Crippen molar-refractivity contribution in [2.24, 2.45) is 0 Å². The van der Waals surface area contributed by atoms with E-state index in [1.807, 2.05) is 19.1 Å². The number of carbonyl (C=O) groups excluding carboxylic acids is 2. The summed E-state index contributed by atoms with van der Waals surface area (Å²) in [7, 11) is 0. The fourth-order valence-electron chi connectivity index (χ4n) is 2.86. The number of hydrogen-bond donors (Lipinski definition) is 1. The Balaban J connectivity index is 1.78. The van der Waals surface area contributed by atoms with Crippen molar-refractivity contribution in [3.8, 4) is 0 Å². The number of anilines is 1. The Bertz CT molecular complexity index is 983. The molecule has 140 valence electrons. The predicted octanol–water partition coefficient (Wildman–Crippen LogP) is 5.12. The van der Waals surface area contributed by atoms with E-state index in [1.165, 1.54) is 5.56 Å². The lowest BCUT2D eigenvalue weighted by Gasteiger charge is -2.08. The lowest BCUT2D eigenvalue weighted by molar-refractivity contribution is 0.0378. The van der Waals surface area contributed by atoms with Gasteiger partial charge in [0, 0.05) is 16.6 Å². The maximum atomic E-state index is 12.6. The van der Waals surface area contributed by atoms with Gasteiger partial charge in [-0.05, 0) is 69.2 Å². The Morgan fingerprint density at radius 2 is 1.81 bits per heavy atom. The molecule has 0 aliphatic heterocycles. The standard InChI is InChI=1S/C22H23NO4/c1-5-15-6-11-19-18(12-15)14(4)20(27-19)21(24)23-17-9-7-16(8-10-17)22(25)26-13(2)3/h6-13H,5H2,1-4H3,(H,23,24). The van der Waals surface area contributed by atoms with Crippen LogP contribution in [-0.2, 0) is 11.2 Å². The second-order valence-corrected chi connectivity index (χ2v) is 6.73. The molecule has 1 N–H and O–H groups in total. The first-order valence-corrected chi connectivity index (χ1v) is 9.03. The van der Waals surface area contributed by atoms with Gasteiger partial charge in [-0.3, -0.25) is 4.79 Å². The van der Waals surface area contributed by atoms with Crippen LogP contribution in [0.5, 0.6) is 0 Å². The number of hydrogen-bond acceptors (Lipinski definition) is 4. The number of amides is 1. The molecule has 0 saturated heterocycles. The summed E-state index contributed by atoms with van der Waals surface area (Å²) >= 11 is 0. The number of rotatable bonds is 5. The first-order valence-electron chi connectivity index (χ1n) is 9.03. The van der Waals surface area contributed by atoms with Crippen molar-refractivity contribution in [2.75, 3.05) is 5.32 Å². The van der Waals surface area contributed by atoms with E-state index in [4.69, 9.17) is 9.15 Å². The topological polar surface area (TPSA) is 68.5 Å². The molecule has 27 heavy (non-hydrogen) atoms. The van der Waals surface area contributed by atoms with E-state index >= 15 is 0 Å². The molecule has 1 heterocycles. The zero-order valence-electron chi connectivity index (χ0n) is 16.0. The van der Waals surface area contributed by atoms with E-state index in [1.54, 1.807) is 38.1 Å². The number of ether oxygens (including phenoxy) is 1. The molecule has 0 saturated carbocycles. The fraction of sp³-hybridized carbons (Fsp3) is 0.273. The second kappa shape index (κ2) is 7.66. The molecular weight excluding hydrogens is 342 g/mol. The number of fused-ring (bicyclic) bond motifs is 1. The van der Waals surface area contributed by atoms with Crippen LogP contribution in [0.1, 0.15) is 52.8 Å². The minimum absolute atomic E-state index is 0.179. The Hall–Kier alpha value is -3.08. The van der Waals surface area contributed by atoms with E-state index in [0.717, 1.165) is 17.4 Å². The van der Waals surface area contributed by atoms with Crippen LogP contribution in [-0.4, -0.2) is 18.0 Å². The van der Waals surface area contributed by atoms with E-state index < -0.39 is 0 Å². The molecule has 0 spiro atoms. The molecule has 3 aromatic rings. The molecule has 0 fully saturated rings. The zero-order valence-corrected chi connectivity index (χ0v) is 16.0. The van der Waals surface area contributed by atoms with E-state index in [0.29, 0.717) is 22.6 Å². The molecule has 1 amide bonds. The van der Waals surface area contributed by atoms with Crippen molar-refractivity contribution in [1.82, 2.24) is 0 Å². The third kappa shape index (κ3) is 4.03. The Labute approximate surface area is 158 Å². The van der Waals surface area contributed by atoms with Gasteiger partial charge >= 0.3 is 5.97 Å². The van der Waals surface area contributed by atoms with Gasteiger partial charge in [-0.2, -0.15) is 0 Å². The molecular formula is C22H23NO4. The number of furan rings is 1. The molecule has 0 aliphatic carbocycles. The van der Waals surface area contributed by atoms with E-state index in [2.05, 4.69) is 18.3 Å². The van der Waals surface area contributed by atoms with Gasteiger partial charge in [0.2, 0.25) is 0 Å². The molecule has 5 heteroatoms. The summed E-state index contributed by atoms with van der Waals surface area (Å²) in [5.41, 5.74) is 3.72. The Kier molecular flexibility index (Phi) is 5.31. The predicted molar refractivity (Wildman–Crippen MR) is 105 cm³/mol. The normalized spacial score (nSPS) is 11.0. The minimum atomic E-state index is -0.386. The zero-order chi connectivity index (χ0) is 19.6. The molecule has 0 bridgehead atoms. The Morgan fingerprint density at radius 1 is 1.11 bits per heavy atom. The number of aryl methyl sites for hydroxylation is 2. The molecule has 5 nitrogen and oxygen atoms in total. The molecule has 2 aromatic carbocycles. The Morgan fingerprint density at radius 3 is 2.44 bits per heavy atom. The van der Waals surface area contributed by atoms with E-state index in [9.17, 15) is 9.59 Å². The van der Waals surface area contributed by atoms with Crippen LogP contribution in [0.25, 0.3) is 11.0 Å². The highest BCUT2D eigenvalue weighted by Gasteiger charge is 2.18. The van der Waals surface area contributed by atoms with Gasteiger partial charge in [0.15, 0.2) is 5.76 Å². The first-order chi connectivity index (χ1) is 12.9. The van der Waals surface area contributed by atoms with Crippen LogP contribution in [0.3, 0.4) is 0 Å². The summed E-state index contributed by atoms with van der Waals surface area (Å²) < 4.78 is 10.9. The first kappa shape index (κ1) is 18.7. The quantitative estimate of drug-likeness (QED) is 0.637. The van der Waals surface area contributed by atoms with E-state index in [-0.39, 0.29) is 18.0 Å². The average Bonchev–Trinajstić information content (AvgIpc) is 2.98. The third-order valence-corrected chi connectivity index (χ3v) is 4.34. The largest absolute Gasteiger partial charge is 0.459 e. The smallest absolute Gasteiger partial charge is 0.338 e. The highest BCUT2D eigenvalue weighted by Crippen LogP contribution is 2.27. The van der Waals surface area contributed by atoms with Gasteiger partial charge < -0.3 is 14.5 Å². The van der Waals surface area contributed by atoms with Crippen molar-refractivity contribution >= 4 is 28.5 Å². The summed E-state index contributed by atoms with van der Waals surface area (Å²) in [4.78, 5) is 24.5. The highest BCUT2D eigenvalue weighted by molar-refractivity contribution is 6.06. The SMILES string of the molecule is CCc1ccc2oc(C(=O)Nc3ccc(C(=O)OC(C)C)cc3)c(C)c2c1. The van der Waals surface area contributed by atoms with Gasteiger partial charge in [0.1, 0.15) is 5.58 Å². The van der Waals surface area contributed by atoms with Crippen LogP contribution in [0.15, 0.2) is 46.9 Å². The number of esters is 1. The molecule has 0 radical (unpaired) electrons. The van der Waals surface area contributed by atoms with Crippen molar-refractivity contribution in [2.45, 2.75) is 40.2 Å². The summed E-state index contributed by atoms with van der Waals surface area (Å²) in [6, 6.07) is 12.5. The molecule has 1 aromatic heterocycles. The van der Waals surface area contributed by atoms with Crippen molar-refractivity contribution < 1.29 is 18.7 Å². The second-order valence-electron chi connectivity index (χ2n) is 6.73. The van der Waals surface area contributed by atoms with Crippen LogP contribution in [0, 0.1) is 6.92 Å². The summed E-state index contributed by atoms with van der Waals surface area (Å²) in [5.74, 6) is -0.413. The lowest BCUT2D eigenvalue weighted by atomic mass is 10.1. The minimum Gasteiger partial charge on any atom is -0.459 e. The van der Waals surface area contributed by atoms with Gasteiger partial charge in [0.25, 0.3) is 5.91 Å². The van der Waals surface area contributed by atoms with Crippen molar-refractivity contribution in [3.05, 3.63) is 64.9 Å². The maximum absolute atomic E-state index is 12.6. The molecule has 3 rings (SSSR count). The van der Waals surface area contributed by atoms with Crippen LogP contribution >= 0.6 is 0 Å². The fourth-order valence-corrected chi connectivity index (χ4v) is 2.86. The van der Waals surface area contributed by atoms with Crippen molar-refractivity contribution in [1.29, 1.82) is 0 Å².